The van der Waals surface area contributed by atoms with Gasteiger partial charge in [0, 0.05) is 12.1 Å². The number of hydrogen-bond acceptors (Lipinski definition) is 5. The maximum Gasteiger partial charge on any atom is 0.306 e. The van der Waals surface area contributed by atoms with Crippen LogP contribution in [-0.4, -0.2) is 47.4 Å². The van der Waals surface area contributed by atoms with Gasteiger partial charge in [-0.25, -0.2) is 0 Å². The average molecular weight is 450 g/mol. The molecule has 1 fully saturated rings. The number of carbonyl (C=O) groups excluding carboxylic acids is 3. The number of carbonyl (C=O) groups is 4. The fourth-order valence-corrected chi connectivity index (χ4v) is 4.59. The summed E-state index contributed by atoms with van der Waals surface area (Å²) in [5.41, 5.74) is 1.51. The maximum absolute atomic E-state index is 12.9. The molecule has 1 aliphatic heterocycles. The minimum absolute atomic E-state index is 0.113. The van der Waals surface area contributed by atoms with Gasteiger partial charge in [0.25, 0.3) is 17.7 Å². The Morgan fingerprint density at radius 1 is 1.03 bits per heavy atom. The molecular weight excluding hydrogens is 424 g/mol. The number of imide groups is 1. The molecule has 8 nitrogen and oxygen atoms in total. The van der Waals surface area contributed by atoms with Gasteiger partial charge in [-0.3, -0.25) is 24.1 Å². The lowest BCUT2D eigenvalue weighted by atomic mass is 9.79. The first-order valence-electron chi connectivity index (χ1n) is 11.0. The van der Waals surface area contributed by atoms with Crippen LogP contribution in [0.3, 0.4) is 0 Å². The predicted octanol–water partition coefficient (Wildman–Crippen LogP) is 3.11. The molecule has 0 unspecified atom stereocenters. The van der Waals surface area contributed by atoms with Crippen LogP contribution in [0.15, 0.2) is 42.5 Å². The summed E-state index contributed by atoms with van der Waals surface area (Å²) >= 11 is 0. The van der Waals surface area contributed by atoms with Crippen LogP contribution in [0.25, 0.3) is 0 Å². The minimum Gasteiger partial charge on any atom is -0.497 e. The molecule has 8 heteroatoms. The van der Waals surface area contributed by atoms with Crippen LogP contribution in [-0.2, 0) is 11.3 Å². The number of nitrogens with one attached hydrogen (secondary N) is 1. The van der Waals surface area contributed by atoms with Gasteiger partial charge in [-0.15, -0.1) is 0 Å². The minimum atomic E-state index is -0.826. The zero-order valence-corrected chi connectivity index (χ0v) is 18.4. The van der Waals surface area contributed by atoms with Crippen LogP contribution < -0.4 is 10.1 Å². The molecule has 1 aliphatic carbocycles. The number of aliphatic carboxylic acids is 1. The zero-order chi connectivity index (χ0) is 23.5. The Hall–Kier alpha value is -3.68. The number of carboxylic acid groups (broad SMARTS) is 1. The van der Waals surface area contributed by atoms with E-state index in [1.807, 2.05) is 0 Å². The topological polar surface area (TPSA) is 113 Å². The van der Waals surface area contributed by atoms with E-state index < -0.39 is 23.7 Å². The van der Waals surface area contributed by atoms with Crippen molar-refractivity contribution < 1.29 is 29.0 Å². The smallest absolute Gasteiger partial charge is 0.306 e. The Bertz CT molecular complexity index is 1090. The second-order valence-electron chi connectivity index (χ2n) is 8.50. The van der Waals surface area contributed by atoms with E-state index in [0.717, 1.165) is 29.7 Å². The van der Waals surface area contributed by atoms with E-state index in [0.29, 0.717) is 12.2 Å². The maximum atomic E-state index is 12.9. The van der Waals surface area contributed by atoms with Crippen LogP contribution in [0.4, 0.5) is 0 Å². The number of carboxylic acids is 1. The molecule has 2 aromatic rings. The Kier molecular flexibility index (Phi) is 6.44. The van der Waals surface area contributed by atoms with Crippen molar-refractivity contribution in [2.24, 2.45) is 11.8 Å². The van der Waals surface area contributed by atoms with E-state index in [4.69, 9.17) is 4.74 Å². The largest absolute Gasteiger partial charge is 0.497 e. The van der Waals surface area contributed by atoms with Gasteiger partial charge >= 0.3 is 5.97 Å². The molecule has 2 atom stereocenters. The number of fused-ring (bicyclic) bond motifs is 1. The lowest BCUT2D eigenvalue weighted by Crippen LogP contribution is -2.37. The van der Waals surface area contributed by atoms with Gasteiger partial charge in [-0.2, -0.15) is 0 Å². The van der Waals surface area contributed by atoms with Crippen LogP contribution in [0.5, 0.6) is 5.75 Å². The third-order valence-electron chi connectivity index (χ3n) is 6.48. The van der Waals surface area contributed by atoms with Crippen LogP contribution in [0, 0.1) is 11.8 Å². The lowest BCUT2D eigenvalue weighted by Gasteiger charge is -2.28. The van der Waals surface area contributed by atoms with Crippen LogP contribution in [0.1, 0.15) is 62.3 Å². The molecule has 2 aromatic carbocycles. The van der Waals surface area contributed by atoms with E-state index in [9.17, 15) is 24.3 Å². The first-order chi connectivity index (χ1) is 15.9. The molecule has 4 rings (SSSR count). The number of methoxy groups -OCH3 is 1. The SMILES string of the molecule is COc1ccc(CN2C(=O)c3ccc(C(=O)NC[C@@H]4CCCC[C@@H]4C(=O)O)cc3C2=O)cc1. The lowest BCUT2D eigenvalue weighted by molar-refractivity contribution is -0.144. The van der Waals surface area contributed by atoms with Gasteiger partial charge in [0.15, 0.2) is 0 Å². The Balaban J connectivity index is 1.44. The third kappa shape index (κ3) is 4.60. The number of nitrogens with zero attached hydrogens (tertiary/aromatic N) is 1. The summed E-state index contributed by atoms with van der Waals surface area (Å²) < 4.78 is 5.13. The summed E-state index contributed by atoms with van der Waals surface area (Å²) in [6, 6.07) is 11.6. The van der Waals surface area contributed by atoms with Crippen molar-refractivity contribution in [3.05, 3.63) is 64.7 Å². The van der Waals surface area contributed by atoms with Crippen molar-refractivity contribution in [3.8, 4) is 5.75 Å². The molecule has 1 heterocycles. The fourth-order valence-electron chi connectivity index (χ4n) is 4.59. The summed E-state index contributed by atoms with van der Waals surface area (Å²) in [6.45, 7) is 0.388. The first-order valence-corrected chi connectivity index (χ1v) is 11.0. The molecule has 0 spiro atoms. The second-order valence-corrected chi connectivity index (χ2v) is 8.50. The van der Waals surface area contributed by atoms with Gasteiger partial charge in [0.1, 0.15) is 5.75 Å². The molecule has 2 N–H and O–H groups in total. The van der Waals surface area contributed by atoms with Crippen molar-refractivity contribution in [2.45, 2.75) is 32.2 Å². The Morgan fingerprint density at radius 2 is 1.73 bits per heavy atom. The third-order valence-corrected chi connectivity index (χ3v) is 6.48. The summed E-state index contributed by atoms with van der Waals surface area (Å²) in [4.78, 5) is 51.0. The highest BCUT2D eigenvalue weighted by atomic mass is 16.5. The normalized spacial score (nSPS) is 19.8. The summed E-state index contributed by atoms with van der Waals surface area (Å²) in [7, 11) is 1.56. The molecular formula is C25H26N2O6. The second kappa shape index (κ2) is 9.44. The quantitative estimate of drug-likeness (QED) is 0.627. The molecule has 0 bridgehead atoms. The van der Waals surface area contributed by atoms with Gasteiger partial charge in [-0.05, 0) is 54.7 Å². The van der Waals surface area contributed by atoms with Crippen molar-refractivity contribution in [1.82, 2.24) is 10.2 Å². The van der Waals surface area contributed by atoms with E-state index >= 15 is 0 Å². The number of benzene rings is 2. The predicted molar refractivity (Wildman–Crippen MR) is 119 cm³/mol. The molecule has 33 heavy (non-hydrogen) atoms. The number of rotatable bonds is 7. The molecule has 172 valence electrons. The first kappa shape index (κ1) is 22.5. The Labute approximate surface area is 191 Å². The standard InChI is InChI=1S/C25H26N2O6/c1-33-18-9-6-15(7-10-18)14-27-23(29)20-11-8-16(12-21(20)24(27)30)22(28)26-13-17-4-2-3-5-19(17)25(31)32/h6-12,17,19H,2-5,13-14H2,1H3,(H,26,28)(H,31,32)/t17-,19-/m0/s1. The average Bonchev–Trinajstić information content (AvgIpc) is 3.07. The van der Waals surface area contributed by atoms with Crippen LogP contribution >= 0.6 is 0 Å². The molecule has 2 aliphatic rings. The zero-order valence-electron chi connectivity index (χ0n) is 18.4. The van der Waals surface area contributed by atoms with Crippen molar-refractivity contribution in [3.63, 3.8) is 0 Å². The highest BCUT2D eigenvalue weighted by Crippen LogP contribution is 2.30. The molecule has 0 saturated heterocycles. The summed E-state index contributed by atoms with van der Waals surface area (Å²) in [5.74, 6) is -1.95. The highest BCUT2D eigenvalue weighted by Gasteiger charge is 2.36. The molecule has 0 radical (unpaired) electrons. The van der Waals surface area contributed by atoms with E-state index in [-0.39, 0.29) is 41.6 Å². The van der Waals surface area contributed by atoms with Gasteiger partial charge in [0.2, 0.25) is 0 Å². The van der Waals surface area contributed by atoms with Crippen LogP contribution in [0.2, 0.25) is 0 Å². The molecule has 3 amide bonds. The molecule has 0 aromatic heterocycles. The van der Waals surface area contributed by atoms with Gasteiger partial charge in [-0.1, -0.05) is 25.0 Å². The van der Waals surface area contributed by atoms with E-state index in [1.54, 1.807) is 31.4 Å². The fraction of sp³-hybridized carbons (Fsp3) is 0.360. The summed E-state index contributed by atoms with van der Waals surface area (Å²) in [5, 5.41) is 12.2. The van der Waals surface area contributed by atoms with Crippen molar-refractivity contribution in [1.29, 1.82) is 0 Å². The van der Waals surface area contributed by atoms with Crippen molar-refractivity contribution >= 4 is 23.7 Å². The monoisotopic (exact) mass is 450 g/mol. The number of ether oxygens (including phenoxy) is 1. The number of hydrogen-bond donors (Lipinski definition) is 2. The molecule has 1 saturated carbocycles. The number of amides is 3. The van der Waals surface area contributed by atoms with E-state index in [2.05, 4.69) is 5.32 Å². The summed E-state index contributed by atoms with van der Waals surface area (Å²) in [6.07, 6.45) is 3.21. The van der Waals surface area contributed by atoms with Crippen molar-refractivity contribution in [2.75, 3.05) is 13.7 Å². The van der Waals surface area contributed by atoms with Gasteiger partial charge < -0.3 is 15.2 Å². The van der Waals surface area contributed by atoms with E-state index in [1.165, 1.54) is 18.2 Å². The van der Waals surface area contributed by atoms with Gasteiger partial charge in [0.05, 0.1) is 30.7 Å². The Morgan fingerprint density at radius 3 is 2.42 bits per heavy atom. The highest BCUT2D eigenvalue weighted by molar-refractivity contribution is 6.22.